The monoisotopic (exact) mass is 564 g/mol. The van der Waals surface area contributed by atoms with Crippen molar-refractivity contribution in [2.24, 2.45) is 0 Å². The average molecular weight is 564 g/mol. The molecule has 1 heterocycles. The molecule has 2 amide bonds. The molecule has 1 fully saturated rings. The molecule has 164 valence electrons. The van der Waals surface area contributed by atoms with Crippen LogP contribution in [0.5, 0.6) is 11.5 Å². The van der Waals surface area contributed by atoms with E-state index in [4.69, 9.17) is 14.6 Å². The Morgan fingerprint density at radius 1 is 1.28 bits per heavy atom. The highest BCUT2D eigenvalue weighted by atomic mass is 127. The summed E-state index contributed by atoms with van der Waals surface area (Å²) >= 11 is 2.81. The van der Waals surface area contributed by atoms with E-state index in [9.17, 15) is 19.6 Å². The van der Waals surface area contributed by atoms with Crippen LogP contribution in [0.25, 0.3) is 6.08 Å². The van der Waals surface area contributed by atoms with Crippen molar-refractivity contribution in [2.45, 2.75) is 13.5 Å². The summed E-state index contributed by atoms with van der Waals surface area (Å²) in [5.74, 6) is -0.923. The fourth-order valence-corrected chi connectivity index (χ4v) is 4.55. The molecule has 2 aromatic rings. The Labute approximate surface area is 201 Å². The van der Waals surface area contributed by atoms with Gasteiger partial charge in [0.15, 0.2) is 18.1 Å². The number of thioether (sulfide) groups is 1. The van der Waals surface area contributed by atoms with Crippen LogP contribution >= 0.6 is 34.4 Å². The molecule has 32 heavy (non-hydrogen) atoms. The predicted molar refractivity (Wildman–Crippen MR) is 126 cm³/mol. The van der Waals surface area contributed by atoms with E-state index in [2.05, 4.69) is 6.07 Å². The van der Waals surface area contributed by atoms with Crippen LogP contribution in [-0.4, -0.2) is 40.3 Å². The molecule has 1 aliphatic rings. The van der Waals surface area contributed by atoms with Gasteiger partial charge in [-0.1, -0.05) is 18.2 Å². The SMILES string of the molecule is CCOc1cc(/C=C2/SC(=O)N(Cc3ccccc3C#N)C2=O)cc(I)c1OCC(=O)O. The lowest BCUT2D eigenvalue weighted by atomic mass is 10.1. The molecule has 1 saturated heterocycles. The topological polar surface area (TPSA) is 117 Å². The van der Waals surface area contributed by atoms with Gasteiger partial charge in [0.25, 0.3) is 11.1 Å². The molecular formula is C22H17IN2O6S. The molecule has 0 bridgehead atoms. The van der Waals surface area contributed by atoms with Crippen LogP contribution in [0.2, 0.25) is 0 Å². The molecule has 1 aliphatic heterocycles. The van der Waals surface area contributed by atoms with Gasteiger partial charge in [0, 0.05) is 0 Å². The van der Waals surface area contributed by atoms with E-state index in [0.29, 0.717) is 38.4 Å². The third-order valence-corrected chi connectivity index (χ3v) is 6.02. The summed E-state index contributed by atoms with van der Waals surface area (Å²) in [5, 5.41) is 17.7. The molecule has 3 rings (SSSR count). The fourth-order valence-electron chi connectivity index (χ4n) is 2.93. The maximum atomic E-state index is 12.9. The number of nitriles is 1. The predicted octanol–water partition coefficient (Wildman–Crippen LogP) is 4.26. The number of amides is 2. The van der Waals surface area contributed by atoms with Crippen molar-refractivity contribution in [3.05, 3.63) is 61.6 Å². The summed E-state index contributed by atoms with van der Waals surface area (Å²) in [5.41, 5.74) is 1.60. The zero-order chi connectivity index (χ0) is 23.3. The highest BCUT2D eigenvalue weighted by Gasteiger charge is 2.35. The highest BCUT2D eigenvalue weighted by Crippen LogP contribution is 2.38. The van der Waals surface area contributed by atoms with Crippen LogP contribution in [0.3, 0.4) is 0 Å². The number of rotatable bonds is 8. The Balaban J connectivity index is 1.88. The molecule has 0 atom stereocenters. The van der Waals surface area contributed by atoms with E-state index in [1.165, 1.54) is 0 Å². The van der Waals surface area contributed by atoms with Gasteiger partial charge in [-0.3, -0.25) is 14.5 Å². The molecule has 0 aromatic heterocycles. The summed E-state index contributed by atoms with van der Waals surface area (Å²) in [6.07, 6.45) is 1.58. The first-order valence-corrected chi connectivity index (χ1v) is 11.3. The summed E-state index contributed by atoms with van der Waals surface area (Å²) in [4.78, 5) is 37.5. The number of carboxylic acids is 1. The van der Waals surface area contributed by atoms with Gasteiger partial charge in [0.2, 0.25) is 0 Å². The number of imide groups is 1. The number of benzene rings is 2. The highest BCUT2D eigenvalue weighted by molar-refractivity contribution is 14.1. The number of hydrogen-bond donors (Lipinski definition) is 1. The summed E-state index contributed by atoms with van der Waals surface area (Å²) in [6.45, 7) is 1.61. The number of halogens is 1. The molecule has 0 saturated carbocycles. The average Bonchev–Trinajstić information content (AvgIpc) is 3.01. The smallest absolute Gasteiger partial charge is 0.341 e. The molecule has 10 heteroatoms. The standard InChI is InChI=1S/C22H17IN2O6S/c1-2-30-17-8-13(7-16(23)20(17)31-12-19(26)27)9-18-21(28)25(22(29)32-18)11-15-6-4-3-5-14(15)10-24/h3-9H,2,11-12H2,1H3,(H,26,27)/b18-9+. The lowest BCUT2D eigenvalue weighted by molar-refractivity contribution is -0.139. The Bertz CT molecular complexity index is 1160. The molecule has 0 aliphatic carbocycles. The third kappa shape index (κ3) is 5.41. The van der Waals surface area contributed by atoms with E-state index in [1.54, 1.807) is 49.4 Å². The number of carboxylic acid groups (broad SMARTS) is 1. The van der Waals surface area contributed by atoms with Crippen LogP contribution in [0, 0.1) is 14.9 Å². The van der Waals surface area contributed by atoms with E-state index in [-0.39, 0.29) is 11.4 Å². The second kappa shape index (κ2) is 10.5. The van der Waals surface area contributed by atoms with Gasteiger partial charge in [-0.15, -0.1) is 0 Å². The molecule has 0 unspecified atom stereocenters. The van der Waals surface area contributed by atoms with Gasteiger partial charge in [0.05, 0.1) is 33.3 Å². The van der Waals surface area contributed by atoms with Gasteiger partial charge in [-0.2, -0.15) is 5.26 Å². The first kappa shape index (κ1) is 23.6. The number of carbonyl (C=O) groups is 3. The Morgan fingerprint density at radius 3 is 2.72 bits per heavy atom. The third-order valence-electron chi connectivity index (χ3n) is 4.31. The Hall–Kier alpha value is -3.04. The van der Waals surface area contributed by atoms with Crippen molar-refractivity contribution < 1.29 is 29.0 Å². The first-order chi connectivity index (χ1) is 15.3. The number of hydrogen-bond acceptors (Lipinski definition) is 7. The summed E-state index contributed by atoms with van der Waals surface area (Å²) in [7, 11) is 0. The minimum atomic E-state index is -1.11. The molecular weight excluding hydrogens is 547 g/mol. The van der Waals surface area contributed by atoms with Gasteiger partial charge < -0.3 is 14.6 Å². The zero-order valence-electron chi connectivity index (χ0n) is 16.8. The molecule has 8 nitrogen and oxygen atoms in total. The number of nitrogens with zero attached hydrogens (tertiary/aromatic N) is 2. The molecule has 0 spiro atoms. The second-order valence-corrected chi connectivity index (χ2v) is 8.64. The fraction of sp³-hybridized carbons (Fsp3) is 0.182. The molecule has 1 N–H and O–H groups in total. The van der Waals surface area contributed by atoms with Crippen molar-refractivity contribution in [1.29, 1.82) is 5.26 Å². The Morgan fingerprint density at radius 2 is 2.03 bits per heavy atom. The van der Waals surface area contributed by atoms with Gasteiger partial charge in [0.1, 0.15) is 0 Å². The lowest BCUT2D eigenvalue weighted by Crippen LogP contribution is -2.27. The van der Waals surface area contributed by atoms with Crippen molar-refractivity contribution in [3.8, 4) is 17.6 Å². The first-order valence-electron chi connectivity index (χ1n) is 9.38. The Kier molecular flexibility index (Phi) is 7.76. The maximum absolute atomic E-state index is 12.9. The minimum absolute atomic E-state index is 0.00936. The van der Waals surface area contributed by atoms with Gasteiger partial charge in [-0.05, 0) is 76.7 Å². The van der Waals surface area contributed by atoms with Crippen molar-refractivity contribution in [2.75, 3.05) is 13.2 Å². The van der Waals surface area contributed by atoms with Crippen LogP contribution < -0.4 is 9.47 Å². The number of carbonyl (C=O) groups excluding carboxylic acids is 2. The van der Waals surface area contributed by atoms with E-state index < -0.39 is 23.7 Å². The van der Waals surface area contributed by atoms with Crippen LogP contribution in [-0.2, 0) is 16.1 Å². The zero-order valence-corrected chi connectivity index (χ0v) is 19.8. The van der Waals surface area contributed by atoms with Gasteiger partial charge in [-0.25, -0.2) is 4.79 Å². The summed E-state index contributed by atoms with van der Waals surface area (Å²) in [6, 6.07) is 12.2. The normalized spacial score (nSPS) is 14.5. The van der Waals surface area contributed by atoms with Gasteiger partial charge >= 0.3 is 5.97 Å². The van der Waals surface area contributed by atoms with Crippen LogP contribution in [0.15, 0.2) is 41.3 Å². The minimum Gasteiger partial charge on any atom is -0.490 e. The lowest BCUT2D eigenvalue weighted by Gasteiger charge is -2.14. The molecule has 0 radical (unpaired) electrons. The van der Waals surface area contributed by atoms with Crippen LogP contribution in [0.1, 0.15) is 23.6 Å². The van der Waals surface area contributed by atoms with E-state index in [1.807, 2.05) is 22.6 Å². The van der Waals surface area contributed by atoms with E-state index in [0.717, 1.165) is 16.7 Å². The number of aliphatic carboxylic acids is 1. The van der Waals surface area contributed by atoms with Crippen molar-refractivity contribution in [1.82, 2.24) is 4.90 Å². The second-order valence-electron chi connectivity index (χ2n) is 6.48. The van der Waals surface area contributed by atoms with Crippen molar-refractivity contribution >= 4 is 57.5 Å². The largest absolute Gasteiger partial charge is 0.490 e. The van der Waals surface area contributed by atoms with E-state index >= 15 is 0 Å². The maximum Gasteiger partial charge on any atom is 0.341 e. The quantitative estimate of drug-likeness (QED) is 0.374. The van der Waals surface area contributed by atoms with Crippen molar-refractivity contribution in [3.63, 3.8) is 0 Å². The number of ether oxygens (including phenoxy) is 2. The summed E-state index contributed by atoms with van der Waals surface area (Å²) < 4.78 is 11.5. The molecule has 2 aromatic carbocycles. The van der Waals surface area contributed by atoms with Crippen LogP contribution in [0.4, 0.5) is 4.79 Å².